The van der Waals surface area contributed by atoms with E-state index in [1.165, 1.54) is 0 Å². The van der Waals surface area contributed by atoms with Gasteiger partial charge in [0.1, 0.15) is 0 Å². The summed E-state index contributed by atoms with van der Waals surface area (Å²) in [7, 11) is 0. The molecule has 94 valence electrons. The molecule has 0 aliphatic carbocycles. The average molecular weight is 358 g/mol. The lowest BCUT2D eigenvalue weighted by Gasteiger charge is -2.31. The molecular formula is C9H10F3IN4. The topological polar surface area (TPSA) is 32.3 Å². The molecule has 0 radical (unpaired) electrons. The summed E-state index contributed by atoms with van der Waals surface area (Å²) in [5.41, 5.74) is -0.751. The SMILES string of the molecule is FC(F)(F)c1cnnc(N2CCN(I)CC2)c1. The van der Waals surface area contributed by atoms with Gasteiger partial charge >= 0.3 is 6.18 Å². The largest absolute Gasteiger partial charge is 0.418 e. The van der Waals surface area contributed by atoms with Crippen LogP contribution in [0.2, 0.25) is 0 Å². The van der Waals surface area contributed by atoms with Crippen molar-refractivity contribution in [2.45, 2.75) is 6.18 Å². The van der Waals surface area contributed by atoms with E-state index >= 15 is 0 Å². The zero-order chi connectivity index (χ0) is 12.5. The quantitative estimate of drug-likeness (QED) is 0.568. The summed E-state index contributed by atoms with van der Waals surface area (Å²) in [6.07, 6.45) is -3.62. The van der Waals surface area contributed by atoms with Crippen LogP contribution >= 0.6 is 22.9 Å². The third-order valence-corrected chi connectivity index (χ3v) is 3.48. The lowest BCUT2D eigenvalue weighted by Crippen LogP contribution is -2.42. The molecule has 8 heteroatoms. The number of halogens is 4. The van der Waals surface area contributed by atoms with Crippen LogP contribution in [0.25, 0.3) is 0 Å². The minimum atomic E-state index is -4.37. The van der Waals surface area contributed by atoms with Gasteiger partial charge in [-0.1, -0.05) is 0 Å². The van der Waals surface area contributed by atoms with Gasteiger partial charge in [-0.3, -0.25) is 0 Å². The van der Waals surface area contributed by atoms with Gasteiger partial charge in [-0.2, -0.15) is 18.3 Å². The van der Waals surface area contributed by atoms with E-state index in [4.69, 9.17) is 0 Å². The standard InChI is InChI=1S/C9H10F3IN4/c10-9(11,12)7-5-8(15-14-6-7)16-1-3-17(13)4-2-16/h5-6H,1-4H2. The van der Waals surface area contributed by atoms with Crippen molar-refractivity contribution in [2.75, 3.05) is 31.1 Å². The molecule has 1 aromatic heterocycles. The van der Waals surface area contributed by atoms with Crippen molar-refractivity contribution in [2.24, 2.45) is 0 Å². The first-order valence-electron chi connectivity index (χ1n) is 5.02. The molecular weight excluding hydrogens is 348 g/mol. The van der Waals surface area contributed by atoms with Crippen molar-refractivity contribution in [3.05, 3.63) is 17.8 Å². The zero-order valence-corrected chi connectivity index (χ0v) is 10.9. The van der Waals surface area contributed by atoms with E-state index in [9.17, 15) is 13.2 Å². The van der Waals surface area contributed by atoms with Crippen molar-refractivity contribution in [1.29, 1.82) is 0 Å². The molecule has 4 nitrogen and oxygen atoms in total. The van der Waals surface area contributed by atoms with E-state index in [1.54, 1.807) is 0 Å². The molecule has 1 aliphatic heterocycles. The normalized spacial score (nSPS) is 18.5. The molecule has 0 atom stereocenters. The highest BCUT2D eigenvalue weighted by Crippen LogP contribution is 2.30. The Balaban J connectivity index is 2.16. The predicted molar refractivity (Wildman–Crippen MR) is 64.8 cm³/mol. The Bertz CT molecular complexity index is 390. The molecule has 1 fully saturated rings. The van der Waals surface area contributed by atoms with Crippen LogP contribution in [-0.2, 0) is 6.18 Å². The van der Waals surface area contributed by atoms with Gasteiger partial charge in [0, 0.05) is 49.0 Å². The second kappa shape index (κ2) is 4.92. The molecule has 0 aromatic carbocycles. The Morgan fingerprint density at radius 3 is 2.41 bits per heavy atom. The van der Waals surface area contributed by atoms with Crippen LogP contribution in [-0.4, -0.2) is 39.5 Å². The molecule has 0 bridgehead atoms. The smallest absolute Gasteiger partial charge is 0.352 e. The molecule has 0 unspecified atom stereocenters. The van der Waals surface area contributed by atoms with Crippen LogP contribution in [0, 0.1) is 0 Å². The van der Waals surface area contributed by atoms with Gasteiger partial charge in [-0.05, 0) is 6.07 Å². The molecule has 0 saturated carbocycles. The van der Waals surface area contributed by atoms with Gasteiger partial charge in [0.05, 0.1) is 11.8 Å². The lowest BCUT2D eigenvalue weighted by molar-refractivity contribution is -0.137. The molecule has 1 aliphatic rings. The summed E-state index contributed by atoms with van der Waals surface area (Å²) in [5.74, 6) is 0.296. The number of aromatic nitrogens is 2. The van der Waals surface area contributed by atoms with Crippen molar-refractivity contribution in [3.8, 4) is 0 Å². The number of anilines is 1. The van der Waals surface area contributed by atoms with Gasteiger partial charge in [0.2, 0.25) is 0 Å². The van der Waals surface area contributed by atoms with Crippen LogP contribution in [0.4, 0.5) is 19.0 Å². The lowest BCUT2D eigenvalue weighted by atomic mass is 10.2. The number of nitrogens with zero attached hydrogens (tertiary/aromatic N) is 4. The van der Waals surface area contributed by atoms with Crippen molar-refractivity contribution in [3.63, 3.8) is 0 Å². The molecule has 0 N–H and O–H groups in total. The summed E-state index contributed by atoms with van der Waals surface area (Å²) in [6, 6.07) is 1.05. The van der Waals surface area contributed by atoms with E-state index in [0.717, 1.165) is 25.4 Å². The summed E-state index contributed by atoms with van der Waals surface area (Å²) in [5, 5.41) is 7.17. The number of rotatable bonds is 1. The summed E-state index contributed by atoms with van der Waals surface area (Å²) in [6.45, 7) is 2.94. The van der Waals surface area contributed by atoms with Crippen molar-refractivity contribution < 1.29 is 13.2 Å². The minimum Gasteiger partial charge on any atom is -0.352 e. The van der Waals surface area contributed by atoms with E-state index in [1.807, 2.05) is 4.90 Å². The molecule has 1 aromatic rings. The minimum absolute atomic E-state index is 0.296. The second-order valence-corrected chi connectivity index (χ2v) is 5.06. The van der Waals surface area contributed by atoms with E-state index in [2.05, 4.69) is 36.2 Å². The van der Waals surface area contributed by atoms with Crippen LogP contribution in [0.1, 0.15) is 5.56 Å². The number of alkyl halides is 3. The highest BCUT2D eigenvalue weighted by Gasteiger charge is 2.32. The summed E-state index contributed by atoms with van der Waals surface area (Å²) < 4.78 is 39.6. The average Bonchev–Trinajstić information content (AvgIpc) is 2.29. The van der Waals surface area contributed by atoms with Crippen molar-refractivity contribution in [1.82, 2.24) is 13.3 Å². The molecule has 0 spiro atoms. The van der Waals surface area contributed by atoms with Crippen LogP contribution in [0.3, 0.4) is 0 Å². The highest BCUT2D eigenvalue weighted by atomic mass is 127. The first kappa shape index (κ1) is 12.8. The van der Waals surface area contributed by atoms with Gasteiger partial charge in [-0.15, -0.1) is 5.10 Å². The first-order chi connectivity index (χ1) is 7.97. The van der Waals surface area contributed by atoms with E-state index < -0.39 is 11.7 Å². The van der Waals surface area contributed by atoms with Gasteiger partial charge < -0.3 is 4.90 Å². The Kier molecular flexibility index (Phi) is 3.71. The van der Waals surface area contributed by atoms with Crippen LogP contribution in [0.5, 0.6) is 0 Å². The number of hydrogen-bond acceptors (Lipinski definition) is 4. The molecule has 17 heavy (non-hydrogen) atoms. The maximum atomic E-state index is 12.5. The fourth-order valence-corrected chi connectivity index (χ4v) is 2.01. The molecule has 1 saturated heterocycles. The number of piperazine rings is 1. The fourth-order valence-electron chi connectivity index (χ4n) is 1.58. The van der Waals surface area contributed by atoms with Crippen LogP contribution < -0.4 is 4.90 Å². The molecule has 0 amide bonds. The Hall–Kier alpha value is -0.640. The maximum absolute atomic E-state index is 12.5. The maximum Gasteiger partial charge on any atom is 0.418 e. The molecule has 2 heterocycles. The monoisotopic (exact) mass is 358 g/mol. The first-order valence-corrected chi connectivity index (χ1v) is 5.99. The summed E-state index contributed by atoms with van der Waals surface area (Å²) >= 11 is 2.20. The third-order valence-electron chi connectivity index (χ3n) is 2.52. The zero-order valence-electron chi connectivity index (χ0n) is 8.78. The van der Waals surface area contributed by atoms with Gasteiger partial charge in [-0.25, -0.2) is 3.11 Å². The summed E-state index contributed by atoms with van der Waals surface area (Å²) in [4.78, 5) is 1.82. The van der Waals surface area contributed by atoms with Gasteiger partial charge in [0.15, 0.2) is 5.82 Å². The molecule has 2 rings (SSSR count). The highest BCUT2D eigenvalue weighted by molar-refractivity contribution is 14.1. The Morgan fingerprint density at radius 2 is 1.82 bits per heavy atom. The second-order valence-electron chi connectivity index (χ2n) is 3.70. The van der Waals surface area contributed by atoms with Gasteiger partial charge in [0.25, 0.3) is 0 Å². The third kappa shape index (κ3) is 3.18. The van der Waals surface area contributed by atoms with E-state index in [-0.39, 0.29) is 0 Å². The predicted octanol–water partition coefficient (Wildman–Crippen LogP) is 1.97. The van der Waals surface area contributed by atoms with E-state index in [0.29, 0.717) is 18.9 Å². The Morgan fingerprint density at radius 1 is 1.18 bits per heavy atom. The number of hydrogen-bond donors (Lipinski definition) is 0. The van der Waals surface area contributed by atoms with Crippen molar-refractivity contribution >= 4 is 28.7 Å². The van der Waals surface area contributed by atoms with Crippen LogP contribution in [0.15, 0.2) is 12.3 Å². The fraction of sp³-hybridized carbons (Fsp3) is 0.556. The Labute approximate surface area is 110 Å².